The molecule has 1 aliphatic rings. The number of hydrogen-bond acceptors (Lipinski definition) is 2. The molecular formula is C10H14N2. The van der Waals surface area contributed by atoms with Gasteiger partial charge in [0.05, 0.1) is 6.07 Å². The van der Waals surface area contributed by atoms with Crippen molar-refractivity contribution in [3.05, 3.63) is 22.9 Å². The lowest BCUT2D eigenvalue weighted by Gasteiger charge is -2.21. The van der Waals surface area contributed by atoms with Crippen molar-refractivity contribution in [1.82, 2.24) is 4.90 Å². The van der Waals surface area contributed by atoms with Crippen LogP contribution in [0.2, 0.25) is 0 Å². The van der Waals surface area contributed by atoms with Crippen LogP contribution in [0, 0.1) is 11.3 Å². The quantitative estimate of drug-likeness (QED) is 0.590. The Morgan fingerprint density at radius 3 is 2.50 bits per heavy atom. The van der Waals surface area contributed by atoms with Crippen LogP contribution in [0.25, 0.3) is 0 Å². The highest BCUT2D eigenvalue weighted by Gasteiger charge is 2.10. The maximum atomic E-state index is 8.74. The molecule has 0 N–H and O–H groups in total. The Balaban J connectivity index is 2.90. The molecule has 0 amide bonds. The molecule has 0 aliphatic heterocycles. The topological polar surface area (TPSA) is 27.0 Å². The van der Waals surface area contributed by atoms with Crippen LogP contribution in [-0.4, -0.2) is 19.0 Å². The van der Waals surface area contributed by atoms with Crippen molar-refractivity contribution in [3.8, 4) is 6.07 Å². The van der Waals surface area contributed by atoms with Crippen LogP contribution in [0.4, 0.5) is 0 Å². The fraction of sp³-hybridized carbons (Fsp3) is 0.500. The Kier molecular flexibility index (Phi) is 2.54. The van der Waals surface area contributed by atoms with E-state index in [2.05, 4.69) is 17.0 Å². The van der Waals surface area contributed by atoms with E-state index in [1.54, 1.807) is 0 Å². The van der Waals surface area contributed by atoms with Gasteiger partial charge in [-0.15, -0.1) is 0 Å². The van der Waals surface area contributed by atoms with E-state index in [4.69, 9.17) is 5.26 Å². The van der Waals surface area contributed by atoms with E-state index in [9.17, 15) is 0 Å². The predicted molar refractivity (Wildman–Crippen MR) is 49.3 cm³/mol. The van der Waals surface area contributed by atoms with Gasteiger partial charge in [0.2, 0.25) is 0 Å². The highest BCUT2D eigenvalue weighted by Crippen LogP contribution is 2.23. The van der Waals surface area contributed by atoms with Gasteiger partial charge in [-0.1, -0.05) is 0 Å². The number of nitrogens with zero attached hydrogens (tertiary/aromatic N) is 2. The second kappa shape index (κ2) is 3.44. The summed E-state index contributed by atoms with van der Waals surface area (Å²) < 4.78 is 0. The molecule has 0 aromatic heterocycles. The fourth-order valence-electron chi connectivity index (χ4n) is 1.36. The third-order valence-corrected chi connectivity index (χ3v) is 2.20. The van der Waals surface area contributed by atoms with Crippen LogP contribution in [-0.2, 0) is 0 Å². The first-order valence-electron chi connectivity index (χ1n) is 4.13. The Hall–Kier alpha value is -1.23. The summed E-state index contributed by atoms with van der Waals surface area (Å²) in [6.45, 7) is 2.00. The van der Waals surface area contributed by atoms with Gasteiger partial charge in [-0.2, -0.15) is 5.26 Å². The Labute approximate surface area is 73.8 Å². The Morgan fingerprint density at radius 1 is 1.42 bits per heavy atom. The van der Waals surface area contributed by atoms with E-state index in [0.717, 1.165) is 24.0 Å². The molecule has 0 bridgehead atoms. The molecule has 1 rings (SSSR count). The van der Waals surface area contributed by atoms with Crippen molar-refractivity contribution in [2.75, 3.05) is 14.1 Å². The molecule has 0 unspecified atom stereocenters. The molecule has 0 aromatic rings. The van der Waals surface area contributed by atoms with Gasteiger partial charge in [0.1, 0.15) is 0 Å². The van der Waals surface area contributed by atoms with Crippen molar-refractivity contribution >= 4 is 0 Å². The van der Waals surface area contributed by atoms with Crippen LogP contribution in [0.15, 0.2) is 22.9 Å². The molecule has 0 heterocycles. The van der Waals surface area contributed by atoms with Crippen molar-refractivity contribution in [3.63, 3.8) is 0 Å². The zero-order valence-corrected chi connectivity index (χ0v) is 7.89. The summed E-state index contributed by atoms with van der Waals surface area (Å²) in [5, 5.41) is 8.74. The van der Waals surface area contributed by atoms with Crippen LogP contribution in [0.5, 0.6) is 0 Å². The monoisotopic (exact) mass is 162 g/mol. The minimum absolute atomic E-state index is 0.895. The second-order valence-electron chi connectivity index (χ2n) is 3.30. The normalized spacial score (nSPS) is 17.0. The van der Waals surface area contributed by atoms with Crippen molar-refractivity contribution in [2.24, 2.45) is 0 Å². The Bertz CT molecular complexity index is 277. The standard InChI is InChI=1S/C10H14N2/c1-8-6-10(12(2)3)5-4-9(8)7-11/h6H,4-5H2,1-3H3. The molecule has 2 nitrogen and oxygen atoms in total. The maximum Gasteiger partial charge on any atom is 0.0950 e. The van der Waals surface area contributed by atoms with Gasteiger partial charge in [0, 0.05) is 25.4 Å². The van der Waals surface area contributed by atoms with E-state index in [1.807, 2.05) is 21.0 Å². The second-order valence-corrected chi connectivity index (χ2v) is 3.30. The molecule has 64 valence electrons. The number of allylic oxidation sites excluding steroid dienone is 4. The summed E-state index contributed by atoms with van der Waals surface area (Å²) in [6, 6.07) is 2.23. The van der Waals surface area contributed by atoms with Gasteiger partial charge in [0.15, 0.2) is 0 Å². The van der Waals surface area contributed by atoms with Gasteiger partial charge in [-0.05, 0) is 31.4 Å². The first kappa shape index (κ1) is 8.86. The summed E-state index contributed by atoms with van der Waals surface area (Å²) in [6.07, 6.45) is 3.99. The molecule has 0 saturated carbocycles. The summed E-state index contributed by atoms with van der Waals surface area (Å²) in [7, 11) is 4.08. The molecule has 0 saturated heterocycles. The minimum Gasteiger partial charge on any atom is -0.381 e. The van der Waals surface area contributed by atoms with Gasteiger partial charge in [-0.3, -0.25) is 0 Å². The average molecular weight is 162 g/mol. The molecule has 0 atom stereocenters. The van der Waals surface area contributed by atoms with Gasteiger partial charge in [-0.25, -0.2) is 0 Å². The van der Waals surface area contributed by atoms with Crippen molar-refractivity contribution in [2.45, 2.75) is 19.8 Å². The molecule has 2 heteroatoms. The number of hydrogen-bond donors (Lipinski definition) is 0. The first-order chi connectivity index (χ1) is 5.65. The lowest BCUT2D eigenvalue weighted by atomic mass is 9.97. The fourth-order valence-corrected chi connectivity index (χ4v) is 1.36. The summed E-state index contributed by atoms with van der Waals surface area (Å²) in [5.41, 5.74) is 3.36. The van der Waals surface area contributed by atoms with E-state index >= 15 is 0 Å². The predicted octanol–water partition coefficient (Wildman–Crippen LogP) is 2.07. The third-order valence-electron chi connectivity index (χ3n) is 2.20. The van der Waals surface area contributed by atoms with Crippen molar-refractivity contribution in [1.29, 1.82) is 5.26 Å². The zero-order chi connectivity index (χ0) is 9.14. The van der Waals surface area contributed by atoms with Crippen LogP contribution < -0.4 is 0 Å². The van der Waals surface area contributed by atoms with E-state index in [-0.39, 0.29) is 0 Å². The molecule has 0 fully saturated rings. The van der Waals surface area contributed by atoms with Gasteiger partial charge in [0.25, 0.3) is 0 Å². The van der Waals surface area contributed by atoms with Gasteiger partial charge >= 0.3 is 0 Å². The van der Waals surface area contributed by atoms with Crippen LogP contribution in [0.3, 0.4) is 0 Å². The molecule has 1 aliphatic carbocycles. The lowest BCUT2D eigenvalue weighted by Crippen LogP contribution is -2.13. The zero-order valence-electron chi connectivity index (χ0n) is 7.89. The molecular weight excluding hydrogens is 148 g/mol. The SMILES string of the molecule is CC1=C(C#N)CCC(N(C)C)=C1. The highest BCUT2D eigenvalue weighted by atomic mass is 15.1. The largest absolute Gasteiger partial charge is 0.381 e. The number of nitriles is 1. The van der Waals surface area contributed by atoms with Crippen LogP contribution >= 0.6 is 0 Å². The van der Waals surface area contributed by atoms with E-state index < -0.39 is 0 Å². The first-order valence-corrected chi connectivity index (χ1v) is 4.13. The molecule has 12 heavy (non-hydrogen) atoms. The maximum absolute atomic E-state index is 8.74. The van der Waals surface area contributed by atoms with E-state index in [1.165, 1.54) is 5.70 Å². The summed E-state index contributed by atoms with van der Waals surface area (Å²) >= 11 is 0. The molecule has 0 spiro atoms. The summed E-state index contributed by atoms with van der Waals surface area (Å²) in [5.74, 6) is 0. The average Bonchev–Trinajstić information content (AvgIpc) is 2.04. The number of rotatable bonds is 1. The van der Waals surface area contributed by atoms with Crippen LogP contribution in [0.1, 0.15) is 19.8 Å². The highest BCUT2D eigenvalue weighted by molar-refractivity contribution is 5.38. The van der Waals surface area contributed by atoms with Gasteiger partial charge < -0.3 is 4.90 Å². The van der Waals surface area contributed by atoms with E-state index in [0.29, 0.717) is 0 Å². The molecule has 0 aromatic carbocycles. The smallest absolute Gasteiger partial charge is 0.0950 e. The Morgan fingerprint density at radius 2 is 2.08 bits per heavy atom. The summed E-state index contributed by atoms with van der Waals surface area (Å²) in [4.78, 5) is 2.11. The minimum atomic E-state index is 0.895. The third kappa shape index (κ3) is 1.68. The lowest BCUT2D eigenvalue weighted by molar-refractivity contribution is 0.483. The van der Waals surface area contributed by atoms with Crippen molar-refractivity contribution < 1.29 is 0 Å². The molecule has 0 radical (unpaired) electrons.